The highest BCUT2D eigenvalue weighted by Crippen LogP contribution is 2.24. The molecule has 23 heavy (non-hydrogen) atoms. The van der Waals surface area contributed by atoms with E-state index in [1.807, 2.05) is 6.92 Å². The smallest absolute Gasteiger partial charge is 0.257 e. The van der Waals surface area contributed by atoms with Gasteiger partial charge in [0.2, 0.25) is 0 Å². The summed E-state index contributed by atoms with van der Waals surface area (Å²) in [6, 6.07) is 9.78. The van der Waals surface area contributed by atoms with Crippen molar-refractivity contribution in [3.8, 4) is 17.2 Å². The molecule has 0 unspecified atom stereocenters. The van der Waals surface area contributed by atoms with Gasteiger partial charge in [-0.25, -0.2) is 0 Å². The number of hydrogen-bond donors (Lipinski definition) is 3. The van der Waals surface area contributed by atoms with Gasteiger partial charge in [-0.05, 0) is 54.8 Å². The van der Waals surface area contributed by atoms with Gasteiger partial charge in [-0.15, -0.1) is 0 Å². The topological polar surface area (TPSA) is 78.8 Å². The standard InChI is InChI=1S/C17H18ClNO4/c1-11-8-13(3-4-14(11)18)23-10-17(22)19-7-6-12-2-5-15(20)16(21)9-12/h2-5,8-9,20-21H,6-7,10H2,1H3,(H,19,22). The van der Waals surface area contributed by atoms with Crippen LogP contribution in [0.2, 0.25) is 5.02 Å². The number of ether oxygens (including phenoxy) is 1. The molecule has 2 aromatic carbocycles. The number of halogens is 1. The fourth-order valence-electron chi connectivity index (χ4n) is 1.98. The van der Waals surface area contributed by atoms with E-state index in [1.54, 1.807) is 24.3 Å². The van der Waals surface area contributed by atoms with Crippen LogP contribution in [-0.4, -0.2) is 29.3 Å². The second kappa shape index (κ2) is 7.74. The maximum atomic E-state index is 11.7. The van der Waals surface area contributed by atoms with Crippen molar-refractivity contribution in [3.05, 3.63) is 52.5 Å². The molecule has 3 N–H and O–H groups in total. The minimum Gasteiger partial charge on any atom is -0.504 e. The van der Waals surface area contributed by atoms with Crippen molar-refractivity contribution in [2.45, 2.75) is 13.3 Å². The number of aryl methyl sites for hydroxylation is 1. The molecule has 2 aromatic rings. The molecule has 0 radical (unpaired) electrons. The Hall–Kier alpha value is -2.40. The molecule has 0 heterocycles. The lowest BCUT2D eigenvalue weighted by atomic mass is 10.1. The molecule has 0 saturated heterocycles. The average Bonchev–Trinajstić information content (AvgIpc) is 2.52. The van der Waals surface area contributed by atoms with E-state index in [0.717, 1.165) is 11.1 Å². The second-order valence-electron chi connectivity index (χ2n) is 5.12. The maximum Gasteiger partial charge on any atom is 0.257 e. The number of phenolic OH excluding ortho intramolecular Hbond substituents is 2. The number of nitrogens with one attached hydrogen (secondary N) is 1. The summed E-state index contributed by atoms with van der Waals surface area (Å²) in [5.74, 6) is 0.0193. The quantitative estimate of drug-likeness (QED) is 0.709. The van der Waals surface area contributed by atoms with Gasteiger partial charge >= 0.3 is 0 Å². The van der Waals surface area contributed by atoms with E-state index < -0.39 is 0 Å². The molecular formula is C17H18ClNO4. The molecule has 0 saturated carbocycles. The van der Waals surface area contributed by atoms with Gasteiger partial charge in [0.1, 0.15) is 5.75 Å². The minimum absolute atomic E-state index is 0.0814. The molecule has 0 aromatic heterocycles. The molecule has 5 nitrogen and oxygen atoms in total. The van der Waals surface area contributed by atoms with Crippen LogP contribution in [0.15, 0.2) is 36.4 Å². The first kappa shape index (κ1) is 17.0. The number of aromatic hydroxyl groups is 2. The largest absolute Gasteiger partial charge is 0.504 e. The third-order valence-corrected chi connectivity index (χ3v) is 3.70. The van der Waals surface area contributed by atoms with Crippen molar-refractivity contribution < 1.29 is 19.7 Å². The van der Waals surface area contributed by atoms with Gasteiger partial charge < -0.3 is 20.3 Å². The zero-order valence-corrected chi connectivity index (χ0v) is 13.4. The Balaban J connectivity index is 1.74. The highest BCUT2D eigenvalue weighted by Gasteiger charge is 2.05. The molecule has 2 rings (SSSR count). The molecule has 0 aliphatic carbocycles. The van der Waals surface area contributed by atoms with Crippen molar-refractivity contribution in [1.29, 1.82) is 0 Å². The Morgan fingerprint density at radius 2 is 1.96 bits per heavy atom. The zero-order chi connectivity index (χ0) is 16.8. The van der Waals surface area contributed by atoms with Crippen LogP contribution in [0, 0.1) is 6.92 Å². The molecule has 0 spiro atoms. The van der Waals surface area contributed by atoms with Crippen molar-refractivity contribution in [2.75, 3.05) is 13.2 Å². The van der Waals surface area contributed by atoms with Gasteiger partial charge in [0.05, 0.1) is 0 Å². The van der Waals surface area contributed by atoms with Gasteiger partial charge in [0.15, 0.2) is 18.1 Å². The van der Waals surface area contributed by atoms with Crippen LogP contribution in [0.5, 0.6) is 17.2 Å². The van der Waals surface area contributed by atoms with E-state index in [0.29, 0.717) is 23.7 Å². The van der Waals surface area contributed by atoms with Crippen molar-refractivity contribution in [1.82, 2.24) is 5.32 Å². The SMILES string of the molecule is Cc1cc(OCC(=O)NCCc2ccc(O)c(O)c2)ccc1Cl. The molecule has 0 fully saturated rings. The maximum absolute atomic E-state index is 11.7. The molecule has 122 valence electrons. The summed E-state index contributed by atoms with van der Waals surface area (Å²) in [4.78, 5) is 11.7. The molecule has 0 aliphatic heterocycles. The van der Waals surface area contributed by atoms with Gasteiger partial charge in [-0.3, -0.25) is 4.79 Å². The summed E-state index contributed by atoms with van der Waals surface area (Å²) in [6.07, 6.45) is 0.541. The summed E-state index contributed by atoms with van der Waals surface area (Å²) in [5.41, 5.74) is 1.70. The monoisotopic (exact) mass is 335 g/mol. The predicted octanol–water partition coefficient (Wildman–Crippen LogP) is 2.80. The summed E-state index contributed by atoms with van der Waals surface area (Å²) in [5, 5.41) is 22.0. The highest BCUT2D eigenvalue weighted by atomic mass is 35.5. The van der Waals surface area contributed by atoms with Crippen LogP contribution in [-0.2, 0) is 11.2 Å². The summed E-state index contributed by atoms with van der Waals surface area (Å²) >= 11 is 5.92. The van der Waals surface area contributed by atoms with Crippen LogP contribution in [0.1, 0.15) is 11.1 Å². The van der Waals surface area contributed by atoms with Crippen molar-refractivity contribution >= 4 is 17.5 Å². The van der Waals surface area contributed by atoms with Crippen LogP contribution < -0.4 is 10.1 Å². The van der Waals surface area contributed by atoms with Gasteiger partial charge in [0, 0.05) is 11.6 Å². The number of rotatable bonds is 6. The number of carbonyl (C=O) groups excluding carboxylic acids is 1. The third-order valence-electron chi connectivity index (χ3n) is 3.28. The van der Waals surface area contributed by atoms with E-state index in [9.17, 15) is 15.0 Å². The van der Waals surface area contributed by atoms with Crippen molar-refractivity contribution in [2.24, 2.45) is 0 Å². The average molecular weight is 336 g/mol. The van der Waals surface area contributed by atoms with E-state index in [4.69, 9.17) is 16.3 Å². The lowest BCUT2D eigenvalue weighted by Gasteiger charge is -2.09. The van der Waals surface area contributed by atoms with Crippen LogP contribution >= 0.6 is 11.6 Å². The molecule has 6 heteroatoms. The lowest BCUT2D eigenvalue weighted by Crippen LogP contribution is -2.30. The molecule has 0 atom stereocenters. The lowest BCUT2D eigenvalue weighted by molar-refractivity contribution is -0.123. The summed E-state index contributed by atoms with van der Waals surface area (Å²) in [7, 11) is 0. The fourth-order valence-corrected chi connectivity index (χ4v) is 2.10. The second-order valence-corrected chi connectivity index (χ2v) is 5.53. The van der Waals surface area contributed by atoms with E-state index in [-0.39, 0.29) is 24.0 Å². The van der Waals surface area contributed by atoms with Gasteiger partial charge in [0.25, 0.3) is 5.91 Å². The number of carbonyl (C=O) groups is 1. The third kappa shape index (κ3) is 5.07. The predicted molar refractivity (Wildman–Crippen MR) is 88.2 cm³/mol. The van der Waals surface area contributed by atoms with Crippen molar-refractivity contribution in [3.63, 3.8) is 0 Å². The molecule has 0 aliphatic rings. The fraction of sp³-hybridized carbons (Fsp3) is 0.235. The number of hydrogen-bond acceptors (Lipinski definition) is 4. The Morgan fingerprint density at radius 3 is 2.65 bits per heavy atom. The Morgan fingerprint density at radius 1 is 1.17 bits per heavy atom. The van der Waals surface area contributed by atoms with Crippen LogP contribution in [0.25, 0.3) is 0 Å². The first-order chi connectivity index (χ1) is 11.0. The number of benzene rings is 2. The molecule has 1 amide bonds. The first-order valence-corrected chi connectivity index (χ1v) is 7.50. The summed E-state index contributed by atoms with van der Waals surface area (Å²) in [6.45, 7) is 2.19. The Bertz CT molecular complexity index is 703. The van der Waals surface area contributed by atoms with Gasteiger partial charge in [-0.1, -0.05) is 17.7 Å². The molecular weight excluding hydrogens is 318 g/mol. The van der Waals surface area contributed by atoms with E-state index >= 15 is 0 Å². The van der Waals surface area contributed by atoms with Crippen LogP contribution in [0.4, 0.5) is 0 Å². The number of amides is 1. The normalized spacial score (nSPS) is 10.3. The Kier molecular flexibility index (Phi) is 5.71. The summed E-state index contributed by atoms with van der Waals surface area (Å²) < 4.78 is 5.40. The Labute approximate surface area is 139 Å². The first-order valence-electron chi connectivity index (χ1n) is 7.12. The zero-order valence-electron chi connectivity index (χ0n) is 12.7. The van der Waals surface area contributed by atoms with Gasteiger partial charge in [-0.2, -0.15) is 0 Å². The van der Waals surface area contributed by atoms with Crippen LogP contribution in [0.3, 0.4) is 0 Å². The van der Waals surface area contributed by atoms with E-state index in [1.165, 1.54) is 12.1 Å². The number of phenols is 2. The minimum atomic E-state index is -0.236. The highest BCUT2D eigenvalue weighted by molar-refractivity contribution is 6.31. The van der Waals surface area contributed by atoms with E-state index in [2.05, 4.69) is 5.32 Å². The molecule has 0 bridgehead atoms.